The standard InChI is InChI=1S/C28H31N11O2/c1-16-12-32-28(34-22-11-17(2)38(3)37-22)36-25(16)20-13-31-26-19(20)5-4-6-21(26)33-23(40)15-39-10-8-18(14-39)41-24-7-9-30-27(29)35-24/h4-7,9,11-13,18,31H,8,10,14-15H2,1-3H3,(H,33,40)(H2,29,30,35)(H,32,34,36,37). The number of nitrogens with one attached hydrogen (secondary N) is 3. The first-order valence-electron chi connectivity index (χ1n) is 13.3. The summed E-state index contributed by atoms with van der Waals surface area (Å²) in [5.41, 5.74) is 10.8. The Morgan fingerprint density at radius 3 is 2.90 bits per heavy atom. The lowest BCUT2D eigenvalue weighted by molar-refractivity contribution is -0.117. The third-order valence-electron chi connectivity index (χ3n) is 7.10. The van der Waals surface area contributed by atoms with Crippen molar-refractivity contribution in [3.05, 3.63) is 60.2 Å². The molecule has 0 aliphatic carbocycles. The van der Waals surface area contributed by atoms with E-state index in [1.165, 1.54) is 0 Å². The largest absolute Gasteiger partial charge is 0.473 e. The van der Waals surface area contributed by atoms with Crippen LogP contribution in [0, 0.1) is 13.8 Å². The molecule has 1 saturated heterocycles. The fraction of sp³-hybridized carbons (Fsp3) is 0.286. The summed E-state index contributed by atoms with van der Waals surface area (Å²) in [7, 11) is 1.89. The van der Waals surface area contributed by atoms with E-state index in [1.54, 1.807) is 23.1 Å². The molecule has 6 rings (SSSR count). The van der Waals surface area contributed by atoms with Crippen molar-refractivity contribution in [1.82, 2.24) is 39.6 Å². The summed E-state index contributed by atoms with van der Waals surface area (Å²) < 4.78 is 7.71. The monoisotopic (exact) mass is 553 g/mol. The Balaban J connectivity index is 1.14. The van der Waals surface area contributed by atoms with Crippen LogP contribution < -0.4 is 21.1 Å². The predicted octanol–water partition coefficient (Wildman–Crippen LogP) is 3.18. The predicted molar refractivity (Wildman–Crippen MR) is 156 cm³/mol. The van der Waals surface area contributed by atoms with Crippen molar-refractivity contribution >= 4 is 40.2 Å². The third kappa shape index (κ3) is 5.65. The van der Waals surface area contributed by atoms with Crippen molar-refractivity contribution in [2.24, 2.45) is 7.05 Å². The van der Waals surface area contributed by atoms with Crippen LogP contribution in [0.3, 0.4) is 0 Å². The van der Waals surface area contributed by atoms with E-state index in [0.29, 0.717) is 29.9 Å². The van der Waals surface area contributed by atoms with Gasteiger partial charge in [-0.3, -0.25) is 14.4 Å². The van der Waals surface area contributed by atoms with Gasteiger partial charge >= 0.3 is 0 Å². The topological polar surface area (TPSA) is 165 Å². The molecule has 1 fully saturated rings. The first-order chi connectivity index (χ1) is 19.8. The first kappa shape index (κ1) is 26.2. The molecular formula is C28H31N11O2. The Kier molecular flexibility index (Phi) is 6.93. The van der Waals surface area contributed by atoms with Crippen LogP contribution in [0.25, 0.3) is 22.2 Å². The molecule has 210 valence electrons. The summed E-state index contributed by atoms with van der Waals surface area (Å²) in [6, 6.07) is 9.44. The number of benzene rings is 1. The van der Waals surface area contributed by atoms with E-state index in [1.807, 2.05) is 51.4 Å². The van der Waals surface area contributed by atoms with Crippen molar-refractivity contribution in [1.29, 1.82) is 0 Å². The van der Waals surface area contributed by atoms with Gasteiger partial charge in [0.05, 0.1) is 23.4 Å². The van der Waals surface area contributed by atoms with Crippen LogP contribution in [0.4, 0.5) is 23.4 Å². The highest BCUT2D eigenvalue weighted by Gasteiger charge is 2.26. The quantitative estimate of drug-likeness (QED) is 0.224. The maximum absolute atomic E-state index is 13.0. The number of amides is 1. The molecular weight excluding hydrogens is 522 g/mol. The molecule has 1 aliphatic heterocycles. The van der Waals surface area contributed by atoms with Crippen LogP contribution >= 0.6 is 0 Å². The lowest BCUT2D eigenvalue weighted by Gasteiger charge is -2.16. The Hall–Kier alpha value is -5.04. The minimum atomic E-state index is -0.101. The number of nitrogens with two attached hydrogens (primary N) is 1. The number of rotatable bonds is 8. The summed E-state index contributed by atoms with van der Waals surface area (Å²) in [6.45, 7) is 5.58. The number of fused-ring (bicyclic) bond motifs is 1. The molecule has 1 unspecified atom stereocenters. The van der Waals surface area contributed by atoms with Crippen LogP contribution in [0.1, 0.15) is 17.7 Å². The van der Waals surface area contributed by atoms with Gasteiger partial charge in [-0.15, -0.1) is 0 Å². The van der Waals surface area contributed by atoms with E-state index in [2.05, 4.69) is 40.6 Å². The molecule has 1 aliphatic rings. The molecule has 5 heterocycles. The molecule has 1 atom stereocenters. The lowest BCUT2D eigenvalue weighted by Crippen LogP contribution is -2.33. The normalized spacial score (nSPS) is 15.3. The number of anilines is 4. The number of aromatic nitrogens is 7. The number of likely N-dealkylation sites (tertiary alicyclic amines) is 1. The molecule has 5 N–H and O–H groups in total. The van der Waals surface area contributed by atoms with Crippen LogP contribution in [0.15, 0.2) is 48.9 Å². The molecule has 13 nitrogen and oxygen atoms in total. The van der Waals surface area contributed by atoms with E-state index in [0.717, 1.165) is 46.4 Å². The van der Waals surface area contributed by atoms with Crippen LogP contribution in [0.2, 0.25) is 0 Å². The molecule has 1 amide bonds. The summed E-state index contributed by atoms with van der Waals surface area (Å²) >= 11 is 0. The molecule has 13 heteroatoms. The van der Waals surface area contributed by atoms with Gasteiger partial charge in [0.2, 0.25) is 23.7 Å². The Labute approximate surface area is 236 Å². The van der Waals surface area contributed by atoms with Crippen LogP contribution in [0.5, 0.6) is 5.88 Å². The molecule has 1 aromatic carbocycles. The highest BCUT2D eigenvalue weighted by molar-refractivity contribution is 6.06. The number of ether oxygens (including phenoxy) is 1. The Morgan fingerprint density at radius 2 is 2.10 bits per heavy atom. The lowest BCUT2D eigenvalue weighted by atomic mass is 10.1. The number of H-pyrrole nitrogens is 1. The smallest absolute Gasteiger partial charge is 0.238 e. The molecule has 0 bridgehead atoms. The average molecular weight is 554 g/mol. The van der Waals surface area contributed by atoms with Gasteiger partial charge in [0.25, 0.3) is 0 Å². The van der Waals surface area contributed by atoms with Crippen molar-refractivity contribution in [3.63, 3.8) is 0 Å². The van der Waals surface area contributed by atoms with E-state index in [4.69, 9.17) is 15.5 Å². The summed E-state index contributed by atoms with van der Waals surface area (Å²) in [6.07, 6.45) is 5.99. The molecule has 5 aromatic rings. The fourth-order valence-electron chi connectivity index (χ4n) is 4.99. The Bertz CT molecular complexity index is 1710. The Morgan fingerprint density at radius 1 is 1.22 bits per heavy atom. The van der Waals surface area contributed by atoms with Crippen molar-refractivity contribution < 1.29 is 9.53 Å². The van der Waals surface area contributed by atoms with Crippen molar-refractivity contribution in [2.75, 3.05) is 36.0 Å². The zero-order valence-electron chi connectivity index (χ0n) is 23.0. The second-order valence-electron chi connectivity index (χ2n) is 10.1. The average Bonchev–Trinajstić information content (AvgIpc) is 3.64. The van der Waals surface area contributed by atoms with Crippen molar-refractivity contribution in [2.45, 2.75) is 26.4 Å². The van der Waals surface area contributed by atoms with Gasteiger partial charge in [-0.1, -0.05) is 12.1 Å². The highest BCUT2D eigenvalue weighted by atomic mass is 16.5. The van der Waals surface area contributed by atoms with Gasteiger partial charge in [-0.2, -0.15) is 10.1 Å². The number of hydrogen-bond acceptors (Lipinski definition) is 10. The van der Waals surface area contributed by atoms with Gasteiger partial charge in [0.15, 0.2) is 5.82 Å². The molecule has 41 heavy (non-hydrogen) atoms. The minimum Gasteiger partial charge on any atom is -0.473 e. The highest BCUT2D eigenvalue weighted by Crippen LogP contribution is 2.33. The number of nitrogen functional groups attached to an aromatic ring is 1. The fourth-order valence-corrected chi connectivity index (χ4v) is 4.99. The summed E-state index contributed by atoms with van der Waals surface area (Å²) in [4.78, 5) is 35.6. The van der Waals surface area contributed by atoms with Gasteiger partial charge in [0, 0.05) is 67.5 Å². The molecule has 0 radical (unpaired) electrons. The number of aryl methyl sites for hydroxylation is 3. The van der Waals surface area contributed by atoms with Crippen molar-refractivity contribution in [3.8, 4) is 17.1 Å². The van der Waals surface area contributed by atoms with Gasteiger partial charge in [0.1, 0.15) is 6.10 Å². The van der Waals surface area contributed by atoms with Gasteiger partial charge in [-0.25, -0.2) is 15.0 Å². The summed E-state index contributed by atoms with van der Waals surface area (Å²) in [5, 5.41) is 11.6. The molecule has 0 spiro atoms. The maximum Gasteiger partial charge on any atom is 0.238 e. The number of para-hydroxylation sites is 1. The number of carbonyl (C=O) groups is 1. The third-order valence-corrected chi connectivity index (χ3v) is 7.10. The second-order valence-corrected chi connectivity index (χ2v) is 10.1. The minimum absolute atomic E-state index is 0.0660. The number of aromatic amines is 1. The summed E-state index contributed by atoms with van der Waals surface area (Å²) in [5.74, 6) is 1.65. The number of carbonyl (C=O) groups excluding carboxylic acids is 1. The maximum atomic E-state index is 13.0. The zero-order chi connectivity index (χ0) is 28.5. The SMILES string of the molecule is Cc1cnc(Nc2cc(C)n(C)n2)nc1-c1c[nH]c2c(NC(=O)CN3CCC(Oc4ccnc(N)n4)C3)cccc12. The molecule has 0 saturated carbocycles. The van der Waals surface area contributed by atoms with Crippen LogP contribution in [-0.2, 0) is 11.8 Å². The van der Waals surface area contributed by atoms with E-state index < -0.39 is 0 Å². The second kappa shape index (κ2) is 10.8. The first-order valence-corrected chi connectivity index (χ1v) is 13.3. The van der Waals surface area contributed by atoms with E-state index >= 15 is 0 Å². The van der Waals surface area contributed by atoms with E-state index in [-0.39, 0.29) is 24.5 Å². The van der Waals surface area contributed by atoms with Gasteiger partial charge in [-0.05, 0) is 31.9 Å². The number of nitrogens with zero attached hydrogens (tertiary/aromatic N) is 7. The van der Waals surface area contributed by atoms with E-state index in [9.17, 15) is 4.79 Å². The van der Waals surface area contributed by atoms with Gasteiger partial charge < -0.3 is 26.1 Å². The number of hydrogen-bond donors (Lipinski definition) is 4. The molecule has 4 aromatic heterocycles. The van der Waals surface area contributed by atoms with Crippen LogP contribution in [-0.4, -0.2) is 71.2 Å². The zero-order valence-corrected chi connectivity index (χ0v) is 23.0.